The highest BCUT2D eigenvalue weighted by molar-refractivity contribution is 6.33. The minimum atomic E-state index is -0.193. The number of benzene rings is 2. The fourth-order valence-corrected chi connectivity index (χ4v) is 2.30. The van der Waals surface area contributed by atoms with Crippen molar-refractivity contribution in [3.63, 3.8) is 0 Å². The quantitative estimate of drug-likeness (QED) is 0.655. The summed E-state index contributed by atoms with van der Waals surface area (Å²) >= 11 is 6.14. The molecule has 0 spiro atoms. The van der Waals surface area contributed by atoms with E-state index in [9.17, 15) is 4.79 Å². The first-order chi connectivity index (χ1) is 9.16. The third-order valence-electron chi connectivity index (χ3n) is 3.03. The van der Waals surface area contributed by atoms with Gasteiger partial charge in [-0.25, -0.2) is 0 Å². The molecule has 94 valence electrons. The average Bonchev–Trinajstić information content (AvgIpc) is 2.43. The van der Waals surface area contributed by atoms with Crippen LogP contribution in [0, 0.1) is 6.92 Å². The number of aryl methyl sites for hydroxylation is 1. The van der Waals surface area contributed by atoms with E-state index in [-0.39, 0.29) is 10.5 Å². The molecule has 0 N–H and O–H groups in total. The highest BCUT2D eigenvalue weighted by Gasteiger charge is 2.13. The zero-order valence-corrected chi connectivity index (χ0v) is 11.1. The lowest BCUT2D eigenvalue weighted by atomic mass is 10.1. The molecule has 3 rings (SSSR count). The lowest BCUT2D eigenvalue weighted by Gasteiger charge is -2.06. The molecule has 3 aromatic rings. The summed E-state index contributed by atoms with van der Waals surface area (Å²) in [5.41, 5.74) is 2.21. The second-order valence-corrected chi connectivity index (χ2v) is 4.82. The number of hydrogen-bond acceptors (Lipinski definition) is 2. The summed E-state index contributed by atoms with van der Waals surface area (Å²) in [7, 11) is 0. The van der Waals surface area contributed by atoms with Crippen LogP contribution in [0.5, 0.6) is 0 Å². The summed E-state index contributed by atoms with van der Waals surface area (Å²) < 4.78 is 5.81. The van der Waals surface area contributed by atoms with E-state index in [0.29, 0.717) is 16.7 Å². The first-order valence-electron chi connectivity index (χ1n) is 5.95. The summed E-state index contributed by atoms with van der Waals surface area (Å²) in [6.07, 6.45) is 0. The van der Waals surface area contributed by atoms with Gasteiger partial charge >= 0.3 is 0 Å². The van der Waals surface area contributed by atoms with E-state index in [1.807, 2.05) is 49.4 Å². The van der Waals surface area contributed by atoms with Crippen LogP contribution in [0.25, 0.3) is 22.3 Å². The van der Waals surface area contributed by atoms with Gasteiger partial charge in [0.15, 0.2) is 5.76 Å². The van der Waals surface area contributed by atoms with Crippen LogP contribution in [0.4, 0.5) is 0 Å². The van der Waals surface area contributed by atoms with Gasteiger partial charge in [0, 0.05) is 5.56 Å². The zero-order valence-electron chi connectivity index (χ0n) is 10.3. The Labute approximate surface area is 115 Å². The largest absolute Gasteiger partial charge is 0.454 e. The third-order valence-corrected chi connectivity index (χ3v) is 3.37. The second kappa shape index (κ2) is 4.56. The average molecular weight is 271 g/mol. The van der Waals surface area contributed by atoms with Gasteiger partial charge in [-0.15, -0.1) is 0 Å². The lowest BCUT2D eigenvalue weighted by molar-refractivity contribution is 0.619. The van der Waals surface area contributed by atoms with Crippen LogP contribution in [0.2, 0.25) is 5.02 Å². The highest BCUT2D eigenvalue weighted by Crippen LogP contribution is 2.28. The van der Waals surface area contributed by atoms with Crippen LogP contribution in [-0.2, 0) is 0 Å². The minimum Gasteiger partial charge on any atom is -0.454 e. The molecule has 0 saturated carbocycles. The second-order valence-electron chi connectivity index (χ2n) is 4.44. The van der Waals surface area contributed by atoms with E-state index < -0.39 is 0 Å². The normalized spacial score (nSPS) is 10.8. The van der Waals surface area contributed by atoms with Crippen molar-refractivity contribution in [2.24, 2.45) is 0 Å². The van der Waals surface area contributed by atoms with Gasteiger partial charge in [-0.2, -0.15) is 0 Å². The maximum absolute atomic E-state index is 12.2. The zero-order chi connectivity index (χ0) is 13.4. The van der Waals surface area contributed by atoms with Crippen LogP contribution in [-0.4, -0.2) is 0 Å². The lowest BCUT2D eigenvalue weighted by Crippen LogP contribution is -2.03. The number of hydrogen-bond donors (Lipinski definition) is 0. The van der Waals surface area contributed by atoms with E-state index in [1.54, 1.807) is 6.07 Å². The fraction of sp³-hybridized carbons (Fsp3) is 0.0625. The first-order valence-corrected chi connectivity index (χ1v) is 6.33. The standard InChI is InChI=1S/C16H11ClO2/c1-10-7-8-12-13(9-10)19-16(14(17)15(12)18)11-5-3-2-4-6-11/h2-9H,1H3. The van der Waals surface area contributed by atoms with E-state index in [2.05, 4.69) is 0 Å². The van der Waals surface area contributed by atoms with E-state index in [0.717, 1.165) is 11.1 Å². The number of halogens is 1. The molecule has 0 fully saturated rings. The van der Waals surface area contributed by atoms with Gasteiger partial charge in [-0.05, 0) is 24.6 Å². The molecule has 0 radical (unpaired) electrons. The van der Waals surface area contributed by atoms with Crippen LogP contribution in [0.3, 0.4) is 0 Å². The third kappa shape index (κ3) is 2.04. The first kappa shape index (κ1) is 12.0. The highest BCUT2D eigenvalue weighted by atomic mass is 35.5. The molecule has 0 aliphatic rings. The summed E-state index contributed by atoms with van der Waals surface area (Å²) in [5, 5.41) is 0.637. The van der Waals surface area contributed by atoms with Crippen LogP contribution < -0.4 is 5.43 Å². The van der Waals surface area contributed by atoms with Crippen molar-refractivity contribution in [1.82, 2.24) is 0 Å². The molecule has 0 saturated heterocycles. The summed E-state index contributed by atoms with van der Waals surface area (Å²) in [6, 6.07) is 14.9. The Morgan fingerprint density at radius 2 is 1.79 bits per heavy atom. The molecule has 0 atom stereocenters. The monoisotopic (exact) mass is 270 g/mol. The molecular formula is C16H11ClO2. The van der Waals surface area contributed by atoms with Crippen molar-refractivity contribution < 1.29 is 4.42 Å². The Kier molecular flexibility index (Phi) is 2.88. The Morgan fingerprint density at radius 1 is 1.05 bits per heavy atom. The number of rotatable bonds is 1. The van der Waals surface area contributed by atoms with Gasteiger partial charge in [0.1, 0.15) is 10.6 Å². The van der Waals surface area contributed by atoms with Crippen LogP contribution in [0.15, 0.2) is 57.7 Å². The maximum atomic E-state index is 12.2. The van der Waals surface area contributed by atoms with E-state index in [1.165, 1.54) is 0 Å². The van der Waals surface area contributed by atoms with Gasteiger partial charge in [0.05, 0.1) is 5.39 Å². The summed E-state index contributed by atoms with van der Waals surface area (Å²) in [6.45, 7) is 1.95. The van der Waals surface area contributed by atoms with E-state index in [4.69, 9.17) is 16.0 Å². The molecule has 0 amide bonds. The van der Waals surface area contributed by atoms with E-state index >= 15 is 0 Å². The number of fused-ring (bicyclic) bond motifs is 1. The van der Waals surface area contributed by atoms with Gasteiger partial charge in [-0.1, -0.05) is 48.0 Å². The Morgan fingerprint density at radius 3 is 2.53 bits per heavy atom. The minimum absolute atomic E-state index is 0.127. The van der Waals surface area contributed by atoms with Crippen molar-refractivity contribution in [2.45, 2.75) is 6.92 Å². The Hall–Kier alpha value is -2.06. The predicted octanol–water partition coefficient (Wildman–Crippen LogP) is 4.42. The Bertz CT molecular complexity index is 804. The molecule has 2 aromatic carbocycles. The molecule has 19 heavy (non-hydrogen) atoms. The molecular weight excluding hydrogens is 260 g/mol. The molecule has 0 aliphatic heterocycles. The van der Waals surface area contributed by atoms with Crippen molar-refractivity contribution in [3.05, 3.63) is 69.3 Å². The molecule has 3 heteroatoms. The van der Waals surface area contributed by atoms with Crippen LogP contribution in [0.1, 0.15) is 5.56 Å². The summed E-state index contributed by atoms with van der Waals surface area (Å²) in [5.74, 6) is 0.422. The topological polar surface area (TPSA) is 30.2 Å². The van der Waals surface area contributed by atoms with Gasteiger partial charge in [0.2, 0.25) is 5.43 Å². The fourth-order valence-electron chi connectivity index (χ4n) is 2.05. The van der Waals surface area contributed by atoms with Crippen molar-refractivity contribution in [2.75, 3.05) is 0 Å². The maximum Gasteiger partial charge on any atom is 0.211 e. The molecule has 0 unspecified atom stereocenters. The molecule has 0 bridgehead atoms. The van der Waals surface area contributed by atoms with Crippen molar-refractivity contribution >= 4 is 22.6 Å². The van der Waals surface area contributed by atoms with Gasteiger partial charge < -0.3 is 4.42 Å². The predicted molar refractivity (Wildman–Crippen MR) is 77.7 cm³/mol. The van der Waals surface area contributed by atoms with Crippen LogP contribution >= 0.6 is 11.6 Å². The molecule has 1 aromatic heterocycles. The smallest absolute Gasteiger partial charge is 0.211 e. The van der Waals surface area contributed by atoms with Crippen molar-refractivity contribution in [1.29, 1.82) is 0 Å². The Balaban J connectivity index is 2.38. The van der Waals surface area contributed by atoms with Crippen molar-refractivity contribution in [3.8, 4) is 11.3 Å². The van der Waals surface area contributed by atoms with Gasteiger partial charge in [-0.3, -0.25) is 4.79 Å². The molecule has 0 aliphatic carbocycles. The molecule has 1 heterocycles. The molecule has 2 nitrogen and oxygen atoms in total. The van der Waals surface area contributed by atoms with Gasteiger partial charge in [0.25, 0.3) is 0 Å². The SMILES string of the molecule is Cc1ccc2c(=O)c(Cl)c(-c3ccccc3)oc2c1. The summed E-state index contributed by atoms with van der Waals surface area (Å²) in [4.78, 5) is 12.2.